The van der Waals surface area contributed by atoms with E-state index in [0.717, 1.165) is 0 Å². The van der Waals surface area contributed by atoms with Gasteiger partial charge in [0.05, 0.1) is 0 Å². The first-order valence-electron chi connectivity index (χ1n) is 6.71. The highest BCUT2D eigenvalue weighted by atomic mass is 16.5. The van der Waals surface area contributed by atoms with Crippen molar-refractivity contribution in [2.24, 2.45) is 5.73 Å². The van der Waals surface area contributed by atoms with Gasteiger partial charge in [0, 0.05) is 30.0 Å². The van der Waals surface area contributed by atoms with E-state index in [9.17, 15) is 4.79 Å². The van der Waals surface area contributed by atoms with Crippen molar-refractivity contribution < 1.29 is 9.53 Å². The molecule has 0 saturated heterocycles. The molecule has 0 aliphatic carbocycles. The van der Waals surface area contributed by atoms with Crippen molar-refractivity contribution in [3.05, 3.63) is 54.4 Å². The van der Waals surface area contributed by atoms with Crippen LogP contribution in [0.2, 0.25) is 0 Å². The molecule has 5 nitrogen and oxygen atoms in total. The molecule has 5 heteroatoms. The number of nitrogens with one attached hydrogen (secondary N) is 1. The van der Waals surface area contributed by atoms with E-state index in [4.69, 9.17) is 10.5 Å². The monoisotopic (exact) mass is 285 g/mol. The van der Waals surface area contributed by atoms with E-state index in [0.29, 0.717) is 23.6 Å². The van der Waals surface area contributed by atoms with Crippen LogP contribution >= 0.6 is 0 Å². The summed E-state index contributed by atoms with van der Waals surface area (Å²) in [7, 11) is 0. The zero-order chi connectivity index (χ0) is 15.3. The maximum absolute atomic E-state index is 12.2. The summed E-state index contributed by atoms with van der Waals surface area (Å²) in [5, 5.41) is 2.88. The molecule has 0 unspecified atom stereocenters. The Kier molecular flexibility index (Phi) is 4.55. The molecule has 0 spiro atoms. The van der Waals surface area contributed by atoms with Gasteiger partial charge in [-0.2, -0.15) is 0 Å². The number of hydrogen-bond acceptors (Lipinski definition) is 4. The Hall–Kier alpha value is -2.40. The lowest BCUT2D eigenvalue weighted by Crippen LogP contribution is -2.48. The van der Waals surface area contributed by atoms with Crippen molar-refractivity contribution in [3.63, 3.8) is 0 Å². The van der Waals surface area contributed by atoms with Crippen molar-refractivity contribution >= 4 is 5.91 Å². The van der Waals surface area contributed by atoms with Gasteiger partial charge >= 0.3 is 0 Å². The zero-order valence-electron chi connectivity index (χ0n) is 12.2. The van der Waals surface area contributed by atoms with Crippen LogP contribution < -0.4 is 15.8 Å². The van der Waals surface area contributed by atoms with Gasteiger partial charge in [-0.1, -0.05) is 6.07 Å². The second kappa shape index (κ2) is 6.37. The Balaban J connectivity index is 2.12. The first-order valence-corrected chi connectivity index (χ1v) is 6.71. The molecule has 2 rings (SSSR count). The van der Waals surface area contributed by atoms with Crippen LogP contribution in [0.15, 0.2) is 48.8 Å². The molecule has 1 aromatic carbocycles. The fourth-order valence-electron chi connectivity index (χ4n) is 1.67. The average Bonchev–Trinajstić information content (AvgIpc) is 2.48. The molecule has 3 N–H and O–H groups in total. The van der Waals surface area contributed by atoms with Gasteiger partial charge in [-0.15, -0.1) is 0 Å². The zero-order valence-corrected chi connectivity index (χ0v) is 12.2. The predicted molar refractivity (Wildman–Crippen MR) is 81.4 cm³/mol. The standard InChI is InChI=1S/C16H19N3O2/c1-16(2,11-17)19-15(20)12-4-3-5-14(10-12)21-13-6-8-18-9-7-13/h3-10H,11,17H2,1-2H3,(H,19,20). The smallest absolute Gasteiger partial charge is 0.251 e. The lowest BCUT2D eigenvalue weighted by Gasteiger charge is -2.24. The number of carbonyl (C=O) groups excluding carboxylic acids is 1. The summed E-state index contributed by atoms with van der Waals surface area (Å²) in [6.45, 7) is 4.12. The van der Waals surface area contributed by atoms with Crippen LogP contribution in [0.25, 0.3) is 0 Å². The number of carbonyl (C=O) groups is 1. The Morgan fingerprint density at radius 2 is 1.95 bits per heavy atom. The maximum Gasteiger partial charge on any atom is 0.251 e. The van der Waals surface area contributed by atoms with Crippen LogP contribution in [-0.4, -0.2) is 23.0 Å². The minimum Gasteiger partial charge on any atom is -0.457 e. The average molecular weight is 285 g/mol. The number of amides is 1. The van der Waals surface area contributed by atoms with Gasteiger partial charge in [0.25, 0.3) is 5.91 Å². The molecule has 0 fully saturated rings. The normalized spacial score (nSPS) is 11.0. The maximum atomic E-state index is 12.2. The molecular weight excluding hydrogens is 266 g/mol. The van der Waals surface area contributed by atoms with E-state index in [1.54, 1.807) is 48.8 Å². The third-order valence-electron chi connectivity index (χ3n) is 2.94. The number of hydrogen-bond donors (Lipinski definition) is 2. The van der Waals surface area contributed by atoms with Gasteiger partial charge in [-0.05, 0) is 44.2 Å². The molecule has 0 atom stereocenters. The molecule has 0 saturated carbocycles. The fourth-order valence-corrected chi connectivity index (χ4v) is 1.67. The summed E-state index contributed by atoms with van der Waals surface area (Å²) in [6.07, 6.45) is 3.30. The highest BCUT2D eigenvalue weighted by molar-refractivity contribution is 5.95. The molecule has 0 aliphatic rings. The quantitative estimate of drug-likeness (QED) is 0.884. The largest absolute Gasteiger partial charge is 0.457 e. The van der Waals surface area contributed by atoms with Crippen LogP contribution in [-0.2, 0) is 0 Å². The summed E-state index contributed by atoms with van der Waals surface area (Å²) >= 11 is 0. The van der Waals surface area contributed by atoms with E-state index >= 15 is 0 Å². The van der Waals surface area contributed by atoms with Crippen LogP contribution in [0.4, 0.5) is 0 Å². The Morgan fingerprint density at radius 3 is 2.62 bits per heavy atom. The van der Waals surface area contributed by atoms with Crippen LogP contribution in [0, 0.1) is 0 Å². The summed E-state index contributed by atoms with van der Waals surface area (Å²) in [5.41, 5.74) is 5.70. The van der Waals surface area contributed by atoms with Crippen LogP contribution in [0.5, 0.6) is 11.5 Å². The lowest BCUT2D eigenvalue weighted by atomic mass is 10.1. The molecule has 21 heavy (non-hydrogen) atoms. The molecule has 110 valence electrons. The first kappa shape index (κ1) is 15.0. The molecule has 0 radical (unpaired) electrons. The van der Waals surface area contributed by atoms with Crippen molar-refractivity contribution in [3.8, 4) is 11.5 Å². The number of ether oxygens (including phenoxy) is 1. The predicted octanol–water partition coefficient (Wildman–Crippen LogP) is 2.34. The minimum absolute atomic E-state index is 0.175. The highest BCUT2D eigenvalue weighted by Gasteiger charge is 2.19. The Morgan fingerprint density at radius 1 is 1.24 bits per heavy atom. The molecule has 0 aliphatic heterocycles. The third kappa shape index (κ3) is 4.29. The van der Waals surface area contributed by atoms with E-state index in [1.165, 1.54) is 0 Å². The van der Waals surface area contributed by atoms with Crippen molar-refractivity contribution in [2.75, 3.05) is 6.54 Å². The van der Waals surface area contributed by atoms with E-state index in [-0.39, 0.29) is 5.91 Å². The molecule has 0 bridgehead atoms. The third-order valence-corrected chi connectivity index (χ3v) is 2.94. The Bertz CT molecular complexity index is 612. The van der Waals surface area contributed by atoms with Crippen molar-refractivity contribution in [1.29, 1.82) is 0 Å². The van der Waals surface area contributed by atoms with Gasteiger partial charge < -0.3 is 15.8 Å². The van der Waals surface area contributed by atoms with E-state index in [1.807, 2.05) is 13.8 Å². The van der Waals surface area contributed by atoms with E-state index < -0.39 is 5.54 Å². The van der Waals surface area contributed by atoms with Crippen molar-refractivity contribution in [1.82, 2.24) is 10.3 Å². The highest BCUT2D eigenvalue weighted by Crippen LogP contribution is 2.21. The fraction of sp³-hybridized carbons (Fsp3) is 0.250. The first-order chi connectivity index (χ1) is 10.00. The number of rotatable bonds is 5. The molecule has 1 heterocycles. The Labute approximate surface area is 124 Å². The van der Waals surface area contributed by atoms with Gasteiger partial charge in [-0.25, -0.2) is 0 Å². The summed E-state index contributed by atoms with van der Waals surface area (Å²) in [4.78, 5) is 16.1. The second-order valence-electron chi connectivity index (χ2n) is 5.35. The van der Waals surface area contributed by atoms with Crippen molar-refractivity contribution in [2.45, 2.75) is 19.4 Å². The molecular formula is C16H19N3O2. The lowest BCUT2D eigenvalue weighted by molar-refractivity contribution is 0.0915. The van der Waals surface area contributed by atoms with Gasteiger partial charge in [0.2, 0.25) is 0 Å². The number of aromatic nitrogens is 1. The number of nitrogens with two attached hydrogens (primary N) is 1. The molecule has 1 aromatic heterocycles. The number of nitrogens with zero attached hydrogens (tertiary/aromatic N) is 1. The van der Waals surface area contributed by atoms with Gasteiger partial charge in [-0.3, -0.25) is 9.78 Å². The summed E-state index contributed by atoms with van der Waals surface area (Å²) in [6, 6.07) is 10.5. The molecule has 2 aromatic rings. The minimum atomic E-state index is -0.445. The summed E-state index contributed by atoms with van der Waals surface area (Å²) < 4.78 is 5.68. The van der Waals surface area contributed by atoms with Gasteiger partial charge in [0.1, 0.15) is 11.5 Å². The number of benzene rings is 1. The molecule has 1 amide bonds. The SMILES string of the molecule is CC(C)(CN)NC(=O)c1cccc(Oc2ccncc2)c1. The summed E-state index contributed by atoms with van der Waals surface area (Å²) in [5.74, 6) is 1.09. The number of pyridine rings is 1. The van der Waals surface area contributed by atoms with Gasteiger partial charge in [0.15, 0.2) is 0 Å². The van der Waals surface area contributed by atoms with Crippen LogP contribution in [0.1, 0.15) is 24.2 Å². The van der Waals surface area contributed by atoms with E-state index in [2.05, 4.69) is 10.3 Å². The van der Waals surface area contributed by atoms with Crippen LogP contribution in [0.3, 0.4) is 0 Å². The second-order valence-corrected chi connectivity index (χ2v) is 5.35. The topological polar surface area (TPSA) is 77.2 Å².